The van der Waals surface area contributed by atoms with Crippen LogP contribution in [-0.2, 0) is 20.1 Å². The molecule has 8 nitrogen and oxygen atoms in total. The molecule has 0 radical (unpaired) electrons. The monoisotopic (exact) mass is 443 g/mol. The normalized spacial score (nSPS) is 14.8. The van der Waals surface area contributed by atoms with Crippen LogP contribution >= 0.6 is 0 Å². The van der Waals surface area contributed by atoms with E-state index in [4.69, 9.17) is 4.98 Å². The smallest absolute Gasteiger partial charge is 0.254 e. The molecule has 0 bridgehead atoms. The highest BCUT2D eigenvalue weighted by Gasteiger charge is 2.25. The molecule has 5 rings (SSSR count). The van der Waals surface area contributed by atoms with Crippen molar-refractivity contribution in [3.05, 3.63) is 65.7 Å². The van der Waals surface area contributed by atoms with Crippen molar-refractivity contribution in [1.29, 1.82) is 0 Å². The molecule has 8 heteroatoms. The minimum absolute atomic E-state index is 0.0661. The van der Waals surface area contributed by atoms with Crippen LogP contribution in [0.25, 0.3) is 22.2 Å². The van der Waals surface area contributed by atoms with Crippen LogP contribution in [0.4, 0.5) is 0 Å². The van der Waals surface area contributed by atoms with Gasteiger partial charge in [-0.25, -0.2) is 4.98 Å². The summed E-state index contributed by atoms with van der Waals surface area (Å²) < 4.78 is 3.78. The van der Waals surface area contributed by atoms with Crippen LogP contribution in [0.5, 0.6) is 0 Å². The van der Waals surface area contributed by atoms with E-state index >= 15 is 0 Å². The Morgan fingerprint density at radius 2 is 1.85 bits per heavy atom. The molecular weight excluding hydrogens is 414 g/mol. The van der Waals surface area contributed by atoms with Crippen molar-refractivity contribution >= 4 is 16.8 Å². The fourth-order valence-electron chi connectivity index (χ4n) is 4.60. The third kappa shape index (κ3) is 4.14. The lowest BCUT2D eigenvalue weighted by Crippen LogP contribution is -2.48. The molecular formula is C25H29N7O. The van der Waals surface area contributed by atoms with Crippen LogP contribution in [0.15, 0.2) is 48.9 Å². The molecule has 3 aromatic heterocycles. The number of fused-ring (bicyclic) bond motifs is 1. The number of aromatic nitrogens is 5. The van der Waals surface area contributed by atoms with E-state index in [9.17, 15) is 4.79 Å². The van der Waals surface area contributed by atoms with Crippen LogP contribution < -0.4 is 0 Å². The number of piperazine rings is 1. The average Bonchev–Trinajstić information content (AvgIpc) is 3.42. The van der Waals surface area contributed by atoms with Crippen molar-refractivity contribution in [3.63, 3.8) is 0 Å². The van der Waals surface area contributed by atoms with Gasteiger partial charge < -0.3 is 4.90 Å². The maximum Gasteiger partial charge on any atom is 0.254 e. The third-order valence-electron chi connectivity index (χ3n) is 6.45. The highest BCUT2D eigenvalue weighted by molar-refractivity contribution is 6.07. The molecule has 170 valence electrons. The lowest BCUT2D eigenvalue weighted by molar-refractivity contribution is 0.0630. The molecule has 4 heterocycles. The summed E-state index contributed by atoms with van der Waals surface area (Å²) in [6.07, 6.45) is 5.80. The van der Waals surface area contributed by atoms with Crippen LogP contribution in [0, 0.1) is 6.92 Å². The predicted molar refractivity (Wildman–Crippen MR) is 128 cm³/mol. The van der Waals surface area contributed by atoms with Crippen LogP contribution in [0.2, 0.25) is 0 Å². The van der Waals surface area contributed by atoms with Gasteiger partial charge in [0.1, 0.15) is 0 Å². The first-order chi connectivity index (χ1) is 16.0. The van der Waals surface area contributed by atoms with Gasteiger partial charge in [-0.3, -0.25) is 19.1 Å². The van der Waals surface area contributed by atoms with E-state index in [0.717, 1.165) is 54.0 Å². The molecule has 1 fully saturated rings. The number of rotatable bonds is 5. The first-order valence-corrected chi connectivity index (χ1v) is 11.4. The van der Waals surface area contributed by atoms with Crippen LogP contribution in [0.1, 0.15) is 28.5 Å². The summed E-state index contributed by atoms with van der Waals surface area (Å²) >= 11 is 0. The van der Waals surface area contributed by atoms with Crippen molar-refractivity contribution in [3.8, 4) is 11.3 Å². The maximum absolute atomic E-state index is 13.7. The molecule has 1 aromatic carbocycles. The van der Waals surface area contributed by atoms with Crippen molar-refractivity contribution in [2.45, 2.75) is 26.9 Å². The maximum atomic E-state index is 13.7. The second-order valence-corrected chi connectivity index (χ2v) is 8.62. The van der Waals surface area contributed by atoms with Gasteiger partial charge >= 0.3 is 0 Å². The average molecular weight is 444 g/mol. The van der Waals surface area contributed by atoms with Crippen LogP contribution in [0.3, 0.4) is 0 Å². The number of pyridine rings is 1. The Morgan fingerprint density at radius 3 is 2.55 bits per heavy atom. The number of carbonyl (C=O) groups excluding carboxylic acids is 1. The highest BCUT2D eigenvalue weighted by atomic mass is 16.2. The lowest BCUT2D eigenvalue weighted by atomic mass is 10.0. The van der Waals surface area contributed by atoms with Gasteiger partial charge in [0.15, 0.2) is 0 Å². The first-order valence-electron chi connectivity index (χ1n) is 11.4. The number of aryl methyl sites for hydroxylation is 2. The summed E-state index contributed by atoms with van der Waals surface area (Å²) in [7, 11) is 1.93. The van der Waals surface area contributed by atoms with E-state index in [0.29, 0.717) is 18.7 Å². The van der Waals surface area contributed by atoms with Gasteiger partial charge in [-0.05, 0) is 26.0 Å². The van der Waals surface area contributed by atoms with E-state index in [-0.39, 0.29) is 5.91 Å². The number of benzene rings is 1. The van der Waals surface area contributed by atoms with E-state index in [2.05, 4.69) is 22.0 Å². The molecule has 0 unspecified atom stereocenters. The van der Waals surface area contributed by atoms with E-state index in [1.54, 1.807) is 0 Å². The Morgan fingerprint density at radius 1 is 1.06 bits per heavy atom. The number of hydrogen-bond acceptors (Lipinski definition) is 5. The summed E-state index contributed by atoms with van der Waals surface area (Å²) in [5.74, 6) is 0.0661. The zero-order valence-electron chi connectivity index (χ0n) is 19.4. The van der Waals surface area contributed by atoms with Gasteiger partial charge in [-0.2, -0.15) is 10.2 Å². The van der Waals surface area contributed by atoms with Gasteiger partial charge in [-0.15, -0.1) is 0 Å². The molecule has 0 saturated carbocycles. The number of carbonyl (C=O) groups is 1. The standard InChI is InChI=1S/C25H29N7O/c1-4-32-18(2)22(15-27-32)24-13-21(20-7-5-6-8-23(20)28-24)25(33)31-11-9-30(10-12-31)17-19-14-26-29(3)16-19/h5-8,13-16H,4,9-12,17H2,1-3H3. The summed E-state index contributed by atoms with van der Waals surface area (Å²) in [5, 5.41) is 9.62. The van der Waals surface area contributed by atoms with Crippen molar-refractivity contribution in [2.75, 3.05) is 26.2 Å². The van der Waals surface area contributed by atoms with Gasteiger partial charge in [-0.1, -0.05) is 18.2 Å². The Kier molecular flexibility index (Phi) is 5.68. The van der Waals surface area contributed by atoms with Crippen molar-refractivity contribution < 1.29 is 4.79 Å². The molecule has 0 atom stereocenters. The van der Waals surface area contributed by atoms with Gasteiger partial charge in [0.25, 0.3) is 5.91 Å². The number of hydrogen-bond donors (Lipinski definition) is 0. The molecule has 0 aliphatic carbocycles. The quantitative estimate of drug-likeness (QED) is 0.474. The molecule has 1 saturated heterocycles. The molecule has 1 amide bonds. The molecule has 4 aromatic rings. The van der Waals surface area contributed by atoms with Crippen molar-refractivity contribution in [2.24, 2.45) is 7.05 Å². The zero-order chi connectivity index (χ0) is 22.9. The first kappa shape index (κ1) is 21.3. The lowest BCUT2D eigenvalue weighted by Gasteiger charge is -2.34. The molecule has 1 aliphatic heterocycles. The minimum Gasteiger partial charge on any atom is -0.336 e. The Hall–Kier alpha value is -3.52. The number of amides is 1. The fourth-order valence-corrected chi connectivity index (χ4v) is 4.60. The summed E-state index contributed by atoms with van der Waals surface area (Å²) in [6, 6.07) is 9.83. The molecule has 0 spiro atoms. The second-order valence-electron chi connectivity index (χ2n) is 8.62. The Balaban J connectivity index is 1.40. The molecule has 1 aliphatic rings. The molecule has 0 N–H and O–H groups in total. The van der Waals surface area contributed by atoms with E-state index in [1.165, 1.54) is 5.56 Å². The van der Waals surface area contributed by atoms with E-state index < -0.39 is 0 Å². The number of para-hydroxylation sites is 1. The topological polar surface area (TPSA) is 72.1 Å². The Bertz CT molecular complexity index is 1300. The predicted octanol–water partition coefficient (Wildman–Crippen LogP) is 3.12. The fraction of sp³-hybridized carbons (Fsp3) is 0.360. The summed E-state index contributed by atoms with van der Waals surface area (Å²) in [5.41, 5.74) is 5.56. The van der Waals surface area contributed by atoms with Gasteiger partial charge in [0.05, 0.1) is 29.2 Å². The summed E-state index contributed by atoms with van der Waals surface area (Å²) in [6.45, 7) is 8.88. The molecule has 33 heavy (non-hydrogen) atoms. The second kappa shape index (κ2) is 8.78. The Labute approximate surface area is 193 Å². The zero-order valence-corrected chi connectivity index (χ0v) is 19.4. The van der Waals surface area contributed by atoms with E-state index in [1.807, 2.05) is 77.2 Å². The van der Waals surface area contributed by atoms with Gasteiger partial charge in [0.2, 0.25) is 0 Å². The van der Waals surface area contributed by atoms with Crippen molar-refractivity contribution in [1.82, 2.24) is 34.3 Å². The highest BCUT2D eigenvalue weighted by Crippen LogP contribution is 2.28. The largest absolute Gasteiger partial charge is 0.336 e. The third-order valence-corrected chi connectivity index (χ3v) is 6.45. The number of nitrogens with zero attached hydrogens (tertiary/aromatic N) is 7. The summed E-state index contributed by atoms with van der Waals surface area (Å²) in [4.78, 5) is 22.9. The minimum atomic E-state index is 0.0661. The van der Waals surface area contributed by atoms with Gasteiger partial charge in [0, 0.05) is 74.7 Å². The van der Waals surface area contributed by atoms with Crippen LogP contribution in [-0.4, -0.2) is 66.4 Å². The SMILES string of the molecule is CCn1ncc(-c2cc(C(=O)N3CCN(Cc4cnn(C)c4)CC3)c3ccccc3n2)c1C.